The van der Waals surface area contributed by atoms with Crippen molar-refractivity contribution in [2.75, 3.05) is 26.2 Å². The summed E-state index contributed by atoms with van der Waals surface area (Å²) in [5.41, 5.74) is 6.97. The quantitative estimate of drug-likeness (QED) is 0.802. The number of nitrogens with zero attached hydrogens (tertiary/aromatic N) is 3. The van der Waals surface area contributed by atoms with Gasteiger partial charge in [0.15, 0.2) is 0 Å². The number of amides is 1. The average Bonchev–Trinajstić information content (AvgIpc) is 3.03. The number of ether oxygens (including phenoxy) is 1. The minimum absolute atomic E-state index is 0.0644. The Morgan fingerprint density at radius 1 is 1.35 bits per heavy atom. The smallest absolute Gasteiger partial charge is 0.257 e. The summed E-state index contributed by atoms with van der Waals surface area (Å²) in [5.74, 6) is -0.432. The first-order chi connectivity index (χ1) is 12.6. The molecule has 1 aliphatic heterocycles. The molecule has 2 aromatic rings. The summed E-state index contributed by atoms with van der Waals surface area (Å²) in [6, 6.07) is 6.40. The monoisotopic (exact) mass is 360 g/mol. The van der Waals surface area contributed by atoms with Gasteiger partial charge in [-0.25, -0.2) is 9.07 Å². The van der Waals surface area contributed by atoms with Crippen molar-refractivity contribution in [3.8, 4) is 5.69 Å². The molecule has 1 aliphatic rings. The number of halogens is 1. The van der Waals surface area contributed by atoms with Gasteiger partial charge in [0.1, 0.15) is 11.5 Å². The zero-order valence-electron chi connectivity index (χ0n) is 15.0. The third-order valence-corrected chi connectivity index (χ3v) is 4.75. The molecule has 0 bridgehead atoms. The standard InChI is InChI=1S/C19H25FN4O2/c1-14-16(13-22-24(14)18-6-3-2-5-17(18)20)19(25)23-10-7-15(8-11-23)26-12-4-9-21/h2-3,5-6,13,15H,4,7-12,21H2,1H3. The Bertz CT molecular complexity index is 754. The summed E-state index contributed by atoms with van der Waals surface area (Å²) < 4.78 is 21.3. The average molecular weight is 360 g/mol. The summed E-state index contributed by atoms with van der Waals surface area (Å²) in [7, 11) is 0. The van der Waals surface area contributed by atoms with Crippen LogP contribution in [-0.2, 0) is 4.74 Å². The van der Waals surface area contributed by atoms with E-state index in [1.807, 2.05) is 4.90 Å². The Labute approximate surface area is 152 Å². The van der Waals surface area contributed by atoms with Gasteiger partial charge in [0.05, 0.1) is 23.6 Å². The van der Waals surface area contributed by atoms with Crippen LogP contribution in [0.25, 0.3) is 5.69 Å². The maximum atomic E-state index is 14.0. The van der Waals surface area contributed by atoms with E-state index in [0.717, 1.165) is 19.3 Å². The highest BCUT2D eigenvalue weighted by Gasteiger charge is 2.26. The lowest BCUT2D eigenvalue weighted by Gasteiger charge is -2.32. The second-order valence-electron chi connectivity index (χ2n) is 6.51. The molecule has 1 fully saturated rings. The van der Waals surface area contributed by atoms with E-state index >= 15 is 0 Å². The Morgan fingerprint density at radius 3 is 2.77 bits per heavy atom. The zero-order chi connectivity index (χ0) is 18.5. The predicted octanol–water partition coefficient (Wildman–Crippen LogP) is 2.29. The van der Waals surface area contributed by atoms with E-state index in [9.17, 15) is 9.18 Å². The number of benzene rings is 1. The molecular weight excluding hydrogens is 335 g/mol. The van der Waals surface area contributed by atoms with E-state index < -0.39 is 0 Å². The van der Waals surface area contributed by atoms with E-state index in [1.54, 1.807) is 25.1 Å². The van der Waals surface area contributed by atoms with Crippen LogP contribution in [0, 0.1) is 12.7 Å². The molecule has 1 aromatic carbocycles. The van der Waals surface area contributed by atoms with Crippen molar-refractivity contribution in [3.05, 3.63) is 47.5 Å². The second kappa shape index (κ2) is 8.42. The fourth-order valence-electron chi connectivity index (χ4n) is 3.22. The molecule has 1 saturated heterocycles. The molecule has 0 radical (unpaired) electrons. The number of para-hydroxylation sites is 1. The van der Waals surface area contributed by atoms with Gasteiger partial charge in [-0.1, -0.05) is 12.1 Å². The molecule has 2 heterocycles. The number of carbonyl (C=O) groups excluding carboxylic acids is 1. The van der Waals surface area contributed by atoms with Crippen LogP contribution in [-0.4, -0.2) is 52.9 Å². The second-order valence-corrected chi connectivity index (χ2v) is 6.51. The molecule has 0 unspecified atom stereocenters. The van der Waals surface area contributed by atoms with Crippen LogP contribution >= 0.6 is 0 Å². The summed E-state index contributed by atoms with van der Waals surface area (Å²) in [6.07, 6.45) is 4.20. The number of hydrogen-bond acceptors (Lipinski definition) is 4. The van der Waals surface area contributed by atoms with E-state index in [1.165, 1.54) is 16.9 Å². The van der Waals surface area contributed by atoms with Gasteiger partial charge in [-0.15, -0.1) is 0 Å². The fraction of sp³-hybridized carbons (Fsp3) is 0.474. The van der Waals surface area contributed by atoms with E-state index in [2.05, 4.69) is 5.10 Å². The molecule has 140 valence electrons. The number of aromatic nitrogens is 2. The Hall–Kier alpha value is -2.25. The van der Waals surface area contributed by atoms with Gasteiger partial charge >= 0.3 is 0 Å². The first kappa shape index (κ1) is 18.5. The zero-order valence-corrected chi connectivity index (χ0v) is 15.0. The van der Waals surface area contributed by atoms with Crippen molar-refractivity contribution in [3.63, 3.8) is 0 Å². The third kappa shape index (κ3) is 3.94. The third-order valence-electron chi connectivity index (χ3n) is 4.75. The number of likely N-dealkylation sites (tertiary alicyclic amines) is 1. The van der Waals surface area contributed by atoms with E-state index in [4.69, 9.17) is 10.5 Å². The van der Waals surface area contributed by atoms with E-state index in [-0.39, 0.29) is 17.8 Å². The largest absolute Gasteiger partial charge is 0.378 e. The number of rotatable bonds is 6. The topological polar surface area (TPSA) is 73.4 Å². The predicted molar refractivity (Wildman–Crippen MR) is 96.8 cm³/mol. The lowest BCUT2D eigenvalue weighted by Crippen LogP contribution is -2.41. The van der Waals surface area contributed by atoms with E-state index in [0.29, 0.717) is 43.2 Å². The molecular formula is C19H25FN4O2. The van der Waals surface area contributed by atoms with Gasteiger partial charge in [-0.05, 0) is 44.9 Å². The van der Waals surface area contributed by atoms with Crippen molar-refractivity contribution < 1.29 is 13.9 Å². The number of piperidine rings is 1. The van der Waals surface area contributed by atoms with Gasteiger partial charge in [0.2, 0.25) is 0 Å². The SMILES string of the molecule is Cc1c(C(=O)N2CCC(OCCCN)CC2)cnn1-c1ccccc1F. The maximum absolute atomic E-state index is 14.0. The van der Waals surface area contributed by atoms with Gasteiger partial charge < -0.3 is 15.4 Å². The first-order valence-corrected chi connectivity index (χ1v) is 9.02. The number of hydrogen-bond donors (Lipinski definition) is 1. The summed E-state index contributed by atoms with van der Waals surface area (Å²) >= 11 is 0. The summed E-state index contributed by atoms with van der Waals surface area (Å²) in [4.78, 5) is 14.7. The minimum atomic E-state index is -0.367. The molecule has 26 heavy (non-hydrogen) atoms. The molecule has 6 nitrogen and oxygen atoms in total. The molecule has 0 saturated carbocycles. The van der Waals surface area contributed by atoms with Crippen molar-refractivity contribution in [1.29, 1.82) is 0 Å². The summed E-state index contributed by atoms with van der Waals surface area (Å²) in [6.45, 7) is 4.38. The lowest BCUT2D eigenvalue weighted by molar-refractivity contribution is 0.00843. The van der Waals surface area contributed by atoms with Crippen molar-refractivity contribution in [1.82, 2.24) is 14.7 Å². The van der Waals surface area contributed by atoms with Gasteiger partial charge in [-0.2, -0.15) is 5.10 Å². The molecule has 0 atom stereocenters. The highest BCUT2D eigenvalue weighted by Crippen LogP contribution is 2.21. The van der Waals surface area contributed by atoms with Gasteiger partial charge in [-0.3, -0.25) is 4.79 Å². The van der Waals surface area contributed by atoms with Crippen LogP contribution in [0.3, 0.4) is 0 Å². The molecule has 0 aliphatic carbocycles. The normalized spacial score (nSPS) is 15.4. The molecule has 2 N–H and O–H groups in total. The highest BCUT2D eigenvalue weighted by molar-refractivity contribution is 5.95. The Morgan fingerprint density at radius 2 is 2.08 bits per heavy atom. The summed E-state index contributed by atoms with van der Waals surface area (Å²) in [5, 5.41) is 4.22. The van der Waals surface area contributed by atoms with Crippen LogP contribution in [0.2, 0.25) is 0 Å². The molecule has 0 spiro atoms. The Kier molecular flexibility index (Phi) is 6.00. The Balaban J connectivity index is 1.66. The lowest BCUT2D eigenvalue weighted by atomic mass is 10.1. The maximum Gasteiger partial charge on any atom is 0.257 e. The number of carbonyl (C=O) groups is 1. The molecule has 1 aromatic heterocycles. The fourth-order valence-corrected chi connectivity index (χ4v) is 3.22. The van der Waals surface area contributed by atoms with Gasteiger partial charge in [0.25, 0.3) is 5.91 Å². The minimum Gasteiger partial charge on any atom is -0.378 e. The van der Waals surface area contributed by atoms with Crippen LogP contribution in [0.4, 0.5) is 4.39 Å². The molecule has 3 rings (SSSR count). The van der Waals surface area contributed by atoms with Crippen LogP contribution in [0.1, 0.15) is 35.3 Å². The van der Waals surface area contributed by atoms with Crippen LogP contribution in [0.5, 0.6) is 0 Å². The number of nitrogens with two attached hydrogens (primary N) is 1. The van der Waals surface area contributed by atoms with Crippen LogP contribution < -0.4 is 5.73 Å². The van der Waals surface area contributed by atoms with Crippen LogP contribution in [0.15, 0.2) is 30.5 Å². The van der Waals surface area contributed by atoms with Crippen molar-refractivity contribution in [2.24, 2.45) is 5.73 Å². The molecule has 1 amide bonds. The van der Waals surface area contributed by atoms with Gasteiger partial charge in [0, 0.05) is 19.7 Å². The van der Waals surface area contributed by atoms with Crippen molar-refractivity contribution in [2.45, 2.75) is 32.3 Å². The van der Waals surface area contributed by atoms with Crippen molar-refractivity contribution >= 4 is 5.91 Å². The highest BCUT2D eigenvalue weighted by atomic mass is 19.1. The molecule has 7 heteroatoms. The first-order valence-electron chi connectivity index (χ1n) is 9.02.